The monoisotopic (exact) mass is 480 g/mol. The number of nitrogens with one attached hydrogen (secondary N) is 1. The Kier molecular flexibility index (Phi) is 6.81. The molecule has 0 aromatic heterocycles. The first kappa shape index (κ1) is 20.9. The average molecular weight is 480 g/mol. The normalized spacial score (nSPS) is 15.7. The molecule has 2 rings (SSSR count). The molecule has 1 aliphatic heterocycles. The summed E-state index contributed by atoms with van der Waals surface area (Å²) in [7, 11) is 0. The Morgan fingerprint density at radius 1 is 1.27 bits per heavy atom. The van der Waals surface area contributed by atoms with Crippen molar-refractivity contribution in [2.75, 3.05) is 19.6 Å². The zero-order chi connectivity index (χ0) is 19.5. The minimum Gasteiger partial charge on any atom is -0.444 e. The van der Waals surface area contributed by atoms with Crippen LogP contribution in [-0.4, -0.2) is 42.1 Å². The predicted molar refractivity (Wildman–Crippen MR) is 102 cm³/mol. The number of halogens is 3. The second-order valence-electron chi connectivity index (χ2n) is 7.34. The van der Waals surface area contributed by atoms with Gasteiger partial charge in [-0.05, 0) is 74.3 Å². The molecular weight excluding hydrogens is 457 g/mol. The highest BCUT2D eigenvalue weighted by Gasteiger charge is 2.28. The van der Waals surface area contributed by atoms with Crippen molar-refractivity contribution in [1.82, 2.24) is 10.2 Å². The molecule has 26 heavy (non-hydrogen) atoms. The number of piperidine rings is 1. The first-order chi connectivity index (χ1) is 12.1. The Balaban J connectivity index is 1.88. The van der Waals surface area contributed by atoms with Crippen LogP contribution in [0.2, 0.25) is 0 Å². The van der Waals surface area contributed by atoms with Crippen LogP contribution in [0.1, 0.15) is 44.0 Å². The number of likely N-dealkylation sites (tertiary alicyclic amines) is 1. The van der Waals surface area contributed by atoms with Crippen LogP contribution in [0.25, 0.3) is 0 Å². The minimum absolute atomic E-state index is 0.192. The maximum Gasteiger partial charge on any atom is 0.407 e. The van der Waals surface area contributed by atoms with Crippen molar-refractivity contribution in [2.45, 2.75) is 39.2 Å². The fourth-order valence-corrected chi connectivity index (χ4v) is 3.21. The molecule has 1 aromatic carbocycles. The van der Waals surface area contributed by atoms with Crippen LogP contribution in [0, 0.1) is 21.1 Å². The van der Waals surface area contributed by atoms with Crippen molar-refractivity contribution >= 4 is 34.6 Å². The fraction of sp³-hybridized carbons (Fsp3) is 0.556. The Hall–Kier alpha value is -1.45. The lowest BCUT2D eigenvalue weighted by Crippen LogP contribution is -2.42. The van der Waals surface area contributed by atoms with Gasteiger partial charge in [0, 0.05) is 23.2 Å². The van der Waals surface area contributed by atoms with E-state index in [9.17, 15) is 18.4 Å². The number of carbonyl (C=O) groups excluding carboxylic acids is 2. The molecule has 0 aliphatic carbocycles. The molecule has 5 nitrogen and oxygen atoms in total. The molecule has 1 aromatic rings. The molecule has 0 bridgehead atoms. The number of ether oxygens (including phenoxy) is 1. The van der Waals surface area contributed by atoms with Gasteiger partial charge in [0.1, 0.15) is 17.0 Å². The van der Waals surface area contributed by atoms with Gasteiger partial charge in [-0.1, -0.05) is 0 Å². The van der Waals surface area contributed by atoms with E-state index in [1.807, 2.05) is 0 Å². The number of rotatable bonds is 3. The summed E-state index contributed by atoms with van der Waals surface area (Å²) in [4.78, 5) is 25.6. The van der Waals surface area contributed by atoms with Crippen LogP contribution in [-0.2, 0) is 4.74 Å². The van der Waals surface area contributed by atoms with Crippen molar-refractivity contribution in [1.29, 1.82) is 0 Å². The van der Waals surface area contributed by atoms with Gasteiger partial charge in [0.25, 0.3) is 5.91 Å². The number of hydrogen-bond donors (Lipinski definition) is 1. The Morgan fingerprint density at radius 2 is 1.88 bits per heavy atom. The number of nitrogens with zero attached hydrogens (tertiary/aromatic N) is 1. The molecular formula is C18H23F2IN2O3. The maximum atomic E-state index is 14.1. The number of hydrogen-bond acceptors (Lipinski definition) is 3. The van der Waals surface area contributed by atoms with E-state index in [2.05, 4.69) is 5.32 Å². The lowest BCUT2D eigenvalue weighted by atomic mass is 9.96. The molecule has 1 fully saturated rings. The van der Waals surface area contributed by atoms with Gasteiger partial charge >= 0.3 is 6.09 Å². The number of alkyl carbamates (subject to hydrolysis) is 1. The highest BCUT2D eigenvalue weighted by atomic mass is 127. The summed E-state index contributed by atoms with van der Waals surface area (Å²) in [6.07, 6.45) is 0.822. The van der Waals surface area contributed by atoms with Crippen molar-refractivity contribution in [2.24, 2.45) is 5.92 Å². The van der Waals surface area contributed by atoms with E-state index in [0.717, 1.165) is 6.07 Å². The van der Waals surface area contributed by atoms with Gasteiger partial charge in [-0.3, -0.25) is 4.79 Å². The van der Waals surface area contributed by atoms with Crippen molar-refractivity contribution in [3.63, 3.8) is 0 Å². The van der Waals surface area contributed by atoms with Crippen molar-refractivity contribution < 1.29 is 23.1 Å². The molecule has 0 spiro atoms. The minimum atomic E-state index is -0.846. The van der Waals surface area contributed by atoms with E-state index in [0.29, 0.717) is 32.5 Å². The second-order valence-corrected chi connectivity index (χ2v) is 8.50. The highest BCUT2D eigenvalue weighted by Crippen LogP contribution is 2.23. The smallest absolute Gasteiger partial charge is 0.407 e. The molecule has 8 heteroatoms. The SMILES string of the molecule is CC(C)(C)OC(=O)NCC1CCN(C(=O)c2c(F)ccc(I)c2F)CC1. The Morgan fingerprint density at radius 3 is 2.46 bits per heavy atom. The molecule has 0 radical (unpaired) electrons. The van der Waals surface area contributed by atoms with Gasteiger partial charge < -0.3 is 15.0 Å². The predicted octanol–water partition coefficient (Wildman–Crippen LogP) is 3.95. The lowest BCUT2D eigenvalue weighted by Gasteiger charge is -2.32. The summed E-state index contributed by atoms with van der Waals surface area (Å²) < 4.78 is 33.4. The zero-order valence-corrected chi connectivity index (χ0v) is 17.2. The van der Waals surface area contributed by atoms with Gasteiger partial charge in [-0.2, -0.15) is 0 Å². The first-order valence-electron chi connectivity index (χ1n) is 8.48. The summed E-state index contributed by atoms with van der Waals surface area (Å²) in [6, 6.07) is 2.41. The summed E-state index contributed by atoms with van der Waals surface area (Å²) >= 11 is 1.74. The van der Waals surface area contributed by atoms with Crippen LogP contribution < -0.4 is 5.32 Å². The number of carbonyl (C=O) groups is 2. The van der Waals surface area contributed by atoms with E-state index >= 15 is 0 Å². The van der Waals surface area contributed by atoms with E-state index in [1.165, 1.54) is 11.0 Å². The van der Waals surface area contributed by atoms with Gasteiger partial charge in [-0.25, -0.2) is 13.6 Å². The molecule has 1 aliphatic rings. The fourth-order valence-electron chi connectivity index (χ4n) is 2.76. The summed E-state index contributed by atoms with van der Waals surface area (Å²) in [5, 5.41) is 2.72. The molecule has 1 N–H and O–H groups in total. The largest absolute Gasteiger partial charge is 0.444 e. The molecule has 1 saturated heterocycles. The third-order valence-electron chi connectivity index (χ3n) is 4.09. The first-order valence-corrected chi connectivity index (χ1v) is 9.56. The number of benzene rings is 1. The van der Waals surface area contributed by atoms with Gasteiger partial charge in [0.15, 0.2) is 5.82 Å². The topological polar surface area (TPSA) is 58.6 Å². The van der Waals surface area contributed by atoms with Crippen LogP contribution >= 0.6 is 22.6 Å². The summed E-state index contributed by atoms with van der Waals surface area (Å²) in [5.74, 6) is -2.10. The quantitative estimate of drug-likeness (QED) is 0.527. The van der Waals surface area contributed by atoms with Crippen LogP contribution in [0.5, 0.6) is 0 Å². The number of amides is 2. The summed E-state index contributed by atoms with van der Waals surface area (Å²) in [6.45, 7) is 6.61. The van der Waals surface area contributed by atoms with Crippen molar-refractivity contribution in [3.8, 4) is 0 Å². The second kappa shape index (κ2) is 8.49. The van der Waals surface area contributed by atoms with Gasteiger partial charge in [-0.15, -0.1) is 0 Å². The third kappa shape index (κ3) is 5.52. The summed E-state index contributed by atoms with van der Waals surface area (Å²) in [5.41, 5.74) is -1.05. The average Bonchev–Trinajstić information content (AvgIpc) is 2.55. The van der Waals surface area contributed by atoms with E-state index < -0.39 is 34.8 Å². The van der Waals surface area contributed by atoms with Crippen molar-refractivity contribution in [3.05, 3.63) is 32.9 Å². The Bertz CT molecular complexity index is 684. The van der Waals surface area contributed by atoms with Gasteiger partial charge in [0.05, 0.1) is 0 Å². The third-order valence-corrected chi connectivity index (χ3v) is 4.93. The van der Waals surface area contributed by atoms with E-state index in [1.54, 1.807) is 43.4 Å². The van der Waals surface area contributed by atoms with Crippen LogP contribution in [0.4, 0.5) is 13.6 Å². The molecule has 0 unspecified atom stereocenters. The van der Waals surface area contributed by atoms with Crippen LogP contribution in [0.15, 0.2) is 12.1 Å². The standard InChI is InChI=1S/C18H23F2IN2O3/c1-18(2,3)26-17(25)22-10-11-6-8-23(9-7-11)16(24)14-12(19)4-5-13(21)15(14)20/h4-5,11H,6-10H2,1-3H3,(H,22,25). The van der Waals surface area contributed by atoms with E-state index in [-0.39, 0.29) is 9.49 Å². The lowest BCUT2D eigenvalue weighted by molar-refractivity contribution is 0.0499. The molecule has 2 amide bonds. The van der Waals surface area contributed by atoms with Gasteiger partial charge in [0.2, 0.25) is 0 Å². The zero-order valence-electron chi connectivity index (χ0n) is 15.1. The van der Waals surface area contributed by atoms with E-state index in [4.69, 9.17) is 4.74 Å². The maximum absolute atomic E-state index is 14.1. The van der Waals surface area contributed by atoms with Crippen LogP contribution in [0.3, 0.4) is 0 Å². The molecule has 0 atom stereocenters. The molecule has 0 saturated carbocycles. The molecule has 144 valence electrons. The Labute approximate surface area is 165 Å². The highest BCUT2D eigenvalue weighted by molar-refractivity contribution is 14.1. The molecule has 1 heterocycles.